The van der Waals surface area contributed by atoms with Crippen LogP contribution in [-0.2, 0) is 0 Å². The Morgan fingerprint density at radius 1 is 1.00 bits per heavy atom. The summed E-state index contributed by atoms with van der Waals surface area (Å²) in [7, 11) is 4.41. The molecule has 0 amide bonds. The molecule has 18 heavy (non-hydrogen) atoms. The van der Waals surface area contributed by atoms with Gasteiger partial charge in [0.1, 0.15) is 0 Å². The van der Waals surface area contributed by atoms with E-state index in [2.05, 4.69) is 19.0 Å². The van der Waals surface area contributed by atoms with Gasteiger partial charge in [-0.3, -0.25) is 0 Å². The van der Waals surface area contributed by atoms with Crippen molar-refractivity contribution in [2.75, 3.05) is 27.2 Å². The summed E-state index contributed by atoms with van der Waals surface area (Å²) < 4.78 is 0. The number of rotatable bonds is 4. The highest BCUT2D eigenvalue weighted by molar-refractivity contribution is 4.92. The van der Waals surface area contributed by atoms with E-state index < -0.39 is 0 Å². The van der Waals surface area contributed by atoms with Gasteiger partial charge >= 0.3 is 0 Å². The molecule has 0 aromatic rings. The first kappa shape index (κ1) is 14.3. The van der Waals surface area contributed by atoms with Gasteiger partial charge in [0, 0.05) is 6.54 Å². The number of hydrogen-bond donors (Lipinski definition) is 1. The topological polar surface area (TPSA) is 29.3 Å². The van der Waals surface area contributed by atoms with E-state index in [1.807, 2.05) is 0 Å². The summed E-state index contributed by atoms with van der Waals surface area (Å²) in [6.07, 6.45) is 12.9. The molecule has 2 rings (SSSR count). The molecule has 2 aliphatic carbocycles. The van der Waals surface area contributed by atoms with Crippen molar-refractivity contribution in [3.05, 3.63) is 0 Å². The van der Waals surface area contributed by atoms with E-state index in [1.165, 1.54) is 64.3 Å². The Morgan fingerprint density at radius 3 is 2.11 bits per heavy atom. The van der Waals surface area contributed by atoms with Crippen molar-refractivity contribution in [1.82, 2.24) is 4.90 Å². The van der Waals surface area contributed by atoms with Crippen LogP contribution in [0.1, 0.15) is 57.8 Å². The minimum Gasteiger partial charge on any atom is -0.330 e. The van der Waals surface area contributed by atoms with E-state index in [0.29, 0.717) is 5.41 Å². The number of hydrogen-bond acceptors (Lipinski definition) is 2. The lowest BCUT2D eigenvalue weighted by Gasteiger charge is -2.46. The second-order valence-corrected chi connectivity index (χ2v) is 7.11. The van der Waals surface area contributed by atoms with E-state index in [9.17, 15) is 0 Å². The van der Waals surface area contributed by atoms with Crippen LogP contribution in [-0.4, -0.2) is 32.1 Å². The third-order valence-electron chi connectivity index (χ3n) is 5.59. The molecule has 0 aliphatic heterocycles. The third kappa shape index (κ3) is 3.27. The summed E-state index contributed by atoms with van der Waals surface area (Å²) in [6.45, 7) is 2.22. The second kappa shape index (κ2) is 6.38. The van der Waals surface area contributed by atoms with Crippen molar-refractivity contribution in [3.63, 3.8) is 0 Å². The largest absolute Gasteiger partial charge is 0.330 e. The molecule has 0 saturated heterocycles. The van der Waals surface area contributed by atoms with Gasteiger partial charge < -0.3 is 10.6 Å². The first-order valence-electron chi connectivity index (χ1n) is 8.01. The zero-order valence-corrected chi connectivity index (χ0v) is 12.5. The molecule has 0 aromatic carbocycles. The van der Waals surface area contributed by atoms with Crippen LogP contribution in [0.4, 0.5) is 0 Å². The lowest BCUT2D eigenvalue weighted by atomic mass is 9.60. The fourth-order valence-corrected chi connectivity index (χ4v) is 4.51. The van der Waals surface area contributed by atoms with Gasteiger partial charge in [0.2, 0.25) is 0 Å². The minimum atomic E-state index is 0.529. The molecule has 0 aromatic heterocycles. The highest BCUT2D eigenvalue weighted by Gasteiger charge is 2.40. The molecule has 0 unspecified atom stereocenters. The van der Waals surface area contributed by atoms with E-state index in [1.54, 1.807) is 0 Å². The summed E-state index contributed by atoms with van der Waals surface area (Å²) in [6, 6.07) is 0. The maximum atomic E-state index is 6.18. The van der Waals surface area contributed by atoms with Crippen LogP contribution in [0, 0.1) is 17.3 Å². The monoisotopic (exact) mass is 252 g/mol. The van der Waals surface area contributed by atoms with E-state index in [4.69, 9.17) is 5.73 Å². The predicted molar refractivity (Wildman–Crippen MR) is 78.6 cm³/mol. The third-order valence-corrected chi connectivity index (χ3v) is 5.59. The average Bonchev–Trinajstić information content (AvgIpc) is 2.39. The summed E-state index contributed by atoms with van der Waals surface area (Å²) in [5, 5.41) is 0. The summed E-state index contributed by atoms with van der Waals surface area (Å²) in [5.74, 6) is 1.87. The summed E-state index contributed by atoms with van der Waals surface area (Å²) >= 11 is 0. The van der Waals surface area contributed by atoms with Crippen LogP contribution in [0.3, 0.4) is 0 Å². The molecule has 2 nitrogen and oxygen atoms in total. The lowest BCUT2D eigenvalue weighted by Crippen LogP contribution is -2.42. The summed E-state index contributed by atoms with van der Waals surface area (Å²) in [4.78, 5) is 2.35. The first-order chi connectivity index (χ1) is 8.66. The number of nitrogens with zero attached hydrogens (tertiary/aromatic N) is 1. The molecule has 2 fully saturated rings. The molecule has 0 atom stereocenters. The summed E-state index contributed by atoms with van der Waals surface area (Å²) in [5.41, 5.74) is 6.71. The lowest BCUT2D eigenvalue weighted by molar-refractivity contribution is 0.0592. The standard InChI is InChI=1S/C16H32N2/c1-18(2)12-14-6-8-15(9-7-14)16(13-17)10-4-3-5-11-16/h14-15H,3-13,17H2,1-2H3. The highest BCUT2D eigenvalue weighted by atomic mass is 15.1. The Morgan fingerprint density at radius 2 is 1.61 bits per heavy atom. The first-order valence-corrected chi connectivity index (χ1v) is 8.01. The van der Waals surface area contributed by atoms with Crippen molar-refractivity contribution >= 4 is 0 Å². The SMILES string of the molecule is CN(C)CC1CCC(C2(CN)CCCCC2)CC1. The van der Waals surface area contributed by atoms with Gasteiger partial charge in [-0.05, 0) is 76.4 Å². The Balaban J connectivity index is 1.87. The van der Waals surface area contributed by atoms with Crippen molar-refractivity contribution in [1.29, 1.82) is 0 Å². The van der Waals surface area contributed by atoms with Gasteiger partial charge in [-0.25, -0.2) is 0 Å². The quantitative estimate of drug-likeness (QED) is 0.832. The minimum absolute atomic E-state index is 0.529. The van der Waals surface area contributed by atoms with Crippen LogP contribution in [0.15, 0.2) is 0 Å². The molecule has 0 heterocycles. The molecule has 0 radical (unpaired) electrons. The van der Waals surface area contributed by atoms with Crippen molar-refractivity contribution in [2.24, 2.45) is 23.0 Å². The van der Waals surface area contributed by atoms with Crippen molar-refractivity contribution in [3.8, 4) is 0 Å². The van der Waals surface area contributed by atoms with E-state index in [-0.39, 0.29) is 0 Å². The van der Waals surface area contributed by atoms with E-state index in [0.717, 1.165) is 18.4 Å². The molecular formula is C16H32N2. The normalized spacial score (nSPS) is 32.7. The average molecular weight is 252 g/mol. The molecule has 2 saturated carbocycles. The molecule has 2 heteroatoms. The van der Waals surface area contributed by atoms with Crippen molar-refractivity contribution < 1.29 is 0 Å². The zero-order valence-electron chi connectivity index (χ0n) is 12.5. The van der Waals surface area contributed by atoms with Gasteiger partial charge in [0.15, 0.2) is 0 Å². The smallest absolute Gasteiger partial charge is 0.000356 e. The predicted octanol–water partition coefficient (Wildman–Crippen LogP) is 3.26. The molecular weight excluding hydrogens is 220 g/mol. The van der Waals surface area contributed by atoms with Crippen LogP contribution in [0.2, 0.25) is 0 Å². The molecule has 2 N–H and O–H groups in total. The second-order valence-electron chi connectivity index (χ2n) is 7.11. The van der Waals surface area contributed by atoms with Crippen LogP contribution in [0.25, 0.3) is 0 Å². The van der Waals surface area contributed by atoms with Crippen LogP contribution >= 0.6 is 0 Å². The fourth-order valence-electron chi connectivity index (χ4n) is 4.51. The van der Waals surface area contributed by atoms with Crippen molar-refractivity contribution in [2.45, 2.75) is 57.8 Å². The maximum Gasteiger partial charge on any atom is 0.000356 e. The molecule has 0 bridgehead atoms. The van der Waals surface area contributed by atoms with Gasteiger partial charge in [-0.1, -0.05) is 19.3 Å². The van der Waals surface area contributed by atoms with Gasteiger partial charge in [-0.15, -0.1) is 0 Å². The van der Waals surface area contributed by atoms with E-state index >= 15 is 0 Å². The maximum absolute atomic E-state index is 6.18. The zero-order chi connectivity index (χ0) is 13.0. The fraction of sp³-hybridized carbons (Fsp3) is 1.00. The Labute approximate surface area is 113 Å². The van der Waals surface area contributed by atoms with Crippen LogP contribution in [0.5, 0.6) is 0 Å². The molecule has 106 valence electrons. The Kier molecular flexibility index (Phi) is 5.08. The molecule has 2 aliphatic rings. The molecule has 0 spiro atoms. The van der Waals surface area contributed by atoms with Gasteiger partial charge in [-0.2, -0.15) is 0 Å². The van der Waals surface area contributed by atoms with Crippen LogP contribution < -0.4 is 5.73 Å². The van der Waals surface area contributed by atoms with Gasteiger partial charge in [0.25, 0.3) is 0 Å². The Bertz CT molecular complexity index is 235. The number of nitrogens with two attached hydrogens (primary N) is 1. The highest BCUT2D eigenvalue weighted by Crippen LogP contribution is 2.48. The Hall–Kier alpha value is -0.0800. The van der Waals surface area contributed by atoms with Gasteiger partial charge in [0.05, 0.1) is 0 Å².